The van der Waals surface area contributed by atoms with Crippen LogP contribution < -0.4 is 15.1 Å². The molecule has 1 N–H and O–H groups in total. The number of nitrogens with zero attached hydrogens (tertiary/aromatic N) is 3. The maximum atomic E-state index is 14.4. The summed E-state index contributed by atoms with van der Waals surface area (Å²) in [4.78, 5) is 55.0. The maximum Gasteiger partial charge on any atom is 0.335 e. The van der Waals surface area contributed by atoms with Crippen molar-refractivity contribution in [2.45, 2.75) is 26.3 Å². The number of nitrogens with one attached hydrogen (secondary N) is 1. The zero-order valence-corrected chi connectivity index (χ0v) is 20.0. The van der Waals surface area contributed by atoms with Crippen molar-refractivity contribution in [1.82, 2.24) is 5.32 Å². The first kappa shape index (κ1) is 23.2. The van der Waals surface area contributed by atoms with Gasteiger partial charge in [0, 0.05) is 31.3 Å². The van der Waals surface area contributed by atoms with Gasteiger partial charge in [0.2, 0.25) is 5.91 Å². The van der Waals surface area contributed by atoms with Crippen LogP contribution in [0.2, 0.25) is 0 Å². The Labute approximate surface area is 207 Å². The number of hydrogen-bond donors (Lipinski definition) is 1. The summed E-state index contributed by atoms with van der Waals surface area (Å²) in [5.41, 5.74) is 2.04. The van der Waals surface area contributed by atoms with Crippen LogP contribution in [0.25, 0.3) is 0 Å². The van der Waals surface area contributed by atoms with E-state index >= 15 is 0 Å². The average molecular weight is 485 g/mol. The van der Waals surface area contributed by atoms with Crippen LogP contribution in [0.3, 0.4) is 0 Å². The molecule has 1 spiro atoms. The van der Waals surface area contributed by atoms with E-state index < -0.39 is 34.2 Å². The van der Waals surface area contributed by atoms with Gasteiger partial charge < -0.3 is 4.90 Å². The van der Waals surface area contributed by atoms with E-state index in [1.165, 1.54) is 12.1 Å². The molecule has 0 saturated carbocycles. The SMILES string of the molecule is Cc1ccc(N2C(=O)NC(=O)[C@@]3(Cc4cc([N+](=O)[O-])ccc4N(C)[C@H]3c3ccccc3)C2=O)c(C)c1. The minimum absolute atomic E-state index is 0.104. The molecule has 2 atom stereocenters. The van der Waals surface area contributed by atoms with Gasteiger partial charge in [0.1, 0.15) is 0 Å². The predicted molar refractivity (Wildman–Crippen MR) is 134 cm³/mol. The topological polar surface area (TPSA) is 113 Å². The monoisotopic (exact) mass is 484 g/mol. The summed E-state index contributed by atoms with van der Waals surface area (Å²) in [6.07, 6.45) is -0.104. The number of barbiturate groups is 1. The number of anilines is 2. The largest absolute Gasteiger partial charge is 0.366 e. The Bertz CT molecular complexity index is 1440. The molecular weight excluding hydrogens is 460 g/mol. The molecule has 2 heterocycles. The van der Waals surface area contributed by atoms with Gasteiger partial charge in [-0.1, -0.05) is 48.0 Å². The zero-order chi connectivity index (χ0) is 25.8. The molecule has 0 bridgehead atoms. The number of nitro groups is 1. The number of aryl methyl sites for hydroxylation is 2. The third-order valence-corrected chi connectivity index (χ3v) is 7.10. The highest BCUT2D eigenvalue weighted by Gasteiger charge is 2.62. The van der Waals surface area contributed by atoms with Gasteiger partial charge >= 0.3 is 6.03 Å². The molecule has 3 aromatic rings. The maximum absolute atomic E-state index is 14.4. The summed E-state index contributed by atoms with van der Waals surface area (Å²) in [6, 6.07) is 17.3. The number of carbonyl (C=O) groups is 3. The van der Waals surface area contributed by atoms with Gasteiger partial charge in [0.15, 0.2) is 5.41 Å². The van der Waals surface area contributed by atoms with Gasteiger partial charge in [-0.2, -0.15) is 0 Å². The highest BCUT2D eigenvalue weighted by atomic mass is 16.6. The molecule has 1 saturated heterocycles. The Kier molecular flexibility index (Phi) is 5.35. The van der Waals surface area contributed by atoms with Gasteiger partial charge in [-0.15, -0.1) is 0 Å². The first-order chi connectivity index (χ1) is 17.1. The molecule has 2 aliphatic heterocycles. The molecule has 9 nitrogen and oxygen atoms in total. The number of non-ortho nitro benzene ring substituents is 1. The van der Waals surface area contributed by atoms with E-state index in [0.717, 1.165) is 10.5 Å². The van der Waals surface area contributed by atoms with Gasteiger partial charge in [0.25, 0.3) is 11.6 Å². The molecule has 4 amide bonds. The lowest BCUT2D eigenvalue weighted by atomic mass is 9.66. The number of nitro benzene ring substituents is 1. The fraction of sp³-hybridized carbons (Fsp3) is 0.222. The first-order valence-corrected chi connectivity index (χ1v) is 11.5. The highest BCUT2D eigenvalue weighted by molar-refractivity contribution is 6.31. The van der Waals surface area contributed by atoms with Gasteiger partial charge in [-0.25, -0.2) is 9.69 Å². The molecule has 0 aliphatic carbocycles. The van der Waals surface area contributed by atoms with Crippen LogP contribution in [0.4, 0.5) is 21.9 Å². The van der Waals surface area contributed by atoms with E-state index in [1.807, 2.05) is 43.3 Å². The minimum atomic E-state index is -1.75. The standard InChI is InChI=1S/C27H24N4O5/c1-16-9-11-21(17(2)13-16)30-25(33)27(24(32)28-26(30)34)15-19-14-20(31(35)36)10-12-22(19)29(3)23(27)18-7-5-4-6-8-18/h4-14,23H,15H2,1-3H3,(H,28,32,34)/t23-,27-/m0/s1. The van der Waals surface area contributed by atoms with Crippen molar-refractivity contribution in [3.05, 3.63) is 99.1 Å². The summed E-state index contributed by atoms with van der Waals surface area (Å²) < 4.78 is 0. The molecule has 2 aliphatic rings. The molecule has 9 heteroatoms. The Morgan fingerprint density at radius 1 is 0.972 bits per heavy atom. The number of imide groups is 2. The summed E-state index contributed by atoms with van der Waals surface area (Å²) in [5.74, 6) is -1.39. The Balaban J connectivity index is 1.75. The molecule has 5 rings (SSSR count). The number of fused-ring (bicyclic) bond motifs is 1. The smallest absolute Gasteiger partial charge is 0.335 e. The van der Waals surface area contributed by atoms with Crippen molar-refractivity contribution in [1.29, 1.82) is 0 Å². The molecular formula is C27H24N4O5. The van der Waals surface area contributed by atoms with E-state index in [-0.39, 0.29) is 12.1 Å². The van der Waals surface area contributed by atoms with Crippen LogP contribution >= 0.6 is 0 Å². The van der Waals surface area contributed by atoms with Crippen molar-refractivity contribution in [2.24, 2.45) is 5.41 Å². The molecule has 3 aromatic carbocycles. The molecule has 36 heavy (non-hydrogen) atoms. The van der Waals surface area contributed by atoms with Crippen LogP contribution in [-0.4, -0.2) is 29.8 Å². The molecule has 182 valence electrons. The van der Waals surface area contributed by atoms with Crippen LogP contribution in [0, 0.1) is 29.4 Å². The molecule has 1 fully saturated rings. The number of amides is 4. The summed E-state index contributed by atoms with van der Waals surface area (Å²) in [5, 5.41) is 13.9. The molecule has 0 aromatic heterocycles. The van der Waals surface area contributed by atoms with Crippen LogP contribution in [0.15, 0.2) is 66.7 Å². The van der Waals surface area contributed by atoms with Crippen LogP contribution in [-0.2, 0) is 16.0 Å². The lowest BCUT2D eigenvalue weighted by Crippen LogP contribution is -2.69. The van der Waals surface area contributed by atoms with Crippen molar-refractivity contribution in [2.75, 3.05) is 16.8 Å². The third kappa shape index (κ3) is 3.35. The van der Waals surface area contributed by atoms with Gasteiger partial charge in [0.05, 0.1) is 16.7 Å². The Hall–Kier alpha value is -4.53. The number of hydrogen-bond acceptors (Lipinski definition) is 6. The first-order valence-electron chi connectivity index (χ1n) is 11.5. The second-order valence-corrected chi connectivity index (χ2v) is 9.33. The van der Waals surface area contributed by atoms with Crippen molar-refractivity contribution in [3.63, 3.8) is 0 Å². The summed E-state index contributed by atoms with van der Waals surface area (Å²) in [6.45, 7) is 3.71. The fourth-order valence-corrected chi connectivity index (χ4v) is 5.51. The van der Waals surface area contributed by atoms with Crippen LogP contribution in [0.1, 0.15) is 28.3 Å². The highest BCUT2D eigenvalue weighted by Crippen LogP contribution is 2.52. The second kappa shape index (κ2) is 8.30. The quantitative estimate of drug-likeness (QED) is 0.338. The normalized spacial score (nSPS) is 21.4. The molecule has 0 radical (unpaired) electrons. The van der Waals surface area contributed by atoms with E-state index in [9.17, 15) is 24.5 Å². The lowest BCUT2D eigenvalue weighted by Gasteiger charge is -2.51. The molecule has 0 unspecified atom stereocenters. The lowest BCUT2D eigenvalue weighted by molar-refractivity contribution is -0.384. The van der Waals surface area contributed by atoms with Gasteiger partial charge in [-0.3, -0.25) is 25.0 Å². The number of benzene rings is 3. The Morgan fingerprint density at radius 2 is 1.67 bits per heavy atom. The fourth-order valence-electron chi connectivity index (χ4n) is 5.51. The average Bonchev–Trinajstić information content (AvgIpc) is 2.84. The van der Waals surface area contributed by atoms with E-state index in [4.69, 9.17) is 0 Å². The summed E-state index contributed by atoms with van der Waals surface area (Å²) >= 11 is 0. The van der Waals surface area contributed by atoms with E-state index in [0.29, 0.717) is 28.1 Å². The Morgan fingerprint density at radius 3 is 2.33 bits per heavy atom. The van der Waals surface area contributed by atoms with Crippen molar-refractivity contribution >= 4 is 34.9 Å². The number of carbonyl (C=O) groups excluding carboxylic acids is 3. The zero-order valence-electron chi connectivity index (χ0n) is 20.0. The predicted octanol–water partition coefficient (Wildman–Crippen LogP) is 4.21. The minimum Gasteiger partial charge on any atom is -0.366 e. The van der Waals surface area contributed by atoms with Gasteiger partial charge in [-0.05, 0) is 42.7 Å². The number of urea groups is 1. The van der Waals surface area contributed by atoms with Crippen molar-refractivity contribution in [3.8, 4) is 0 Å². The van der Waals surface area contributed by atoms with Crippen molar-refractivity contribution < 1.29 is 19.3 Å². The second-order valence-electron chi connectivity index (χ2n) is 9.33. The van der Waals surface area contributed by atoms with Crippen LogP contribution in [0.5, 0.6) is 0 Å². The van der Waals surface area contributed by atoms with E-state index in [1.54, 1.807) is 37.1 Å². The van der Waals surface area contributed by atoms with E-state index in [2.05, 4.69) is 5.32 Å². The summed E-state index contributed by atoms with van der Waals surface area (Å²) in [7, 11) is 1.75. The third-order valence-electron chi connectivity index (χ3n) is 7.10. The number of rotatable bonds is 3.